The first-order chi connectivity index (χ1) is 13.2. The first kappa shape index (κ1) is 17.1. The van der Waals surface area contributed by atoms with Crippen LogP contribution in [0.2, 0.25) is 0 Å². The highest BCUT2D eigenvalue weighted by molar-refractivity contribution is 6.08. The normalized spacial score (nSPS) is 11.0. The van der Waals surface area contributed by atoms with Crippen LogP contribution in [0.15, 0.2) is 54.6 Å². The molecule has 27 heavy (non-hydrogen) atoms. The Labute approximate surface area is 156 Å². The Balaban J connectivity index is 1.62. The molecule has 6 nitrogen and oxygen atoms in total. The lowest BCUT2D eigenvalue weighted by Crippen LogP contribution is -2.18. The lowest BCUT2D eigenvalue weighted by Gasteiger charge is -2.09. The van der Waals surface area contributed by atoms with Gasteiger partial charge in [0, 0.05) is 28.4 Å². The van der Waals surface area contributed by atoms with Crippen LogP contribution in [0.1, 0.15) is 28.5 Å². The van der Waals surface area contributed by atoms with E-state index in [0.29, 0.717) is 12.1 Å². The van der Waals surface area contributed by atoms with E-state index in [2.05, 4.69) is 35.4 Å². The first-order valence-corrected chi connectivity index (χ1v) is 8.87. The minimum Gasteiger partial charge on any atom is -0.366 e. The van der Waals surface area contributed by atoms with Gasteiger partial charge < -0.3 is 10.3 Å². The molecule has 0 saturated heterocycles. The van der Waals surface area contributed by atoms with E-state index in [1.165, 1.54) is 5.39 Å². The Bertz CT molecular complexity index is 1120. The quantitative estimate of drug-likeness (QED) is 0.320. The van der Waals surface area contributed by atoms with E-state index in [9.17, 15) is 4.79 Å². The van der Waals surface area contributed by atoms with Crippen molar-refractivity contribution in [3.63, 3.8) is 0 Å². The SMILES string of the molecule is CCc1nc(NCc2ccc(C(=O)NO)cc2)cc2c1[nH]c1ccccc12. The summed E-state index contributed by atoms with van der Waals surface area (Å²) < 4.78 is 0. The number of hydrogen-bond donors (Lipinski definition) is 4. The summed E-state index contributed by atoms with van der Waals surface area (Å²) in [5, 5.41) is 14.4. The van der Waals surface area contributed by atoms with E-state index < -0.39 is 5.91 Å². The van der Waals surface area contributed by atoms with E-state index in [1.54, 1.807) is 17.6 Å². The largest absolute Gasteiger partial charge is 0.366 e. The molecule has 2 aromatic heterocycles. The summed E-state index contributed by atoms with van der Waals surface area (Å²) in [5.74, 6) is 0.301. The minimum atomic E-state index is -0.520. The molecule has 4 aromatic rings. The van der Waals surface area contributed by atoms with Gasteiger partial charge in [-0.3, -0.25) is 10.0 Å². The number of rotatable bonds is 5. The summed E-state index contributed by atoms with van der Waals surface area (Å²) >= 11 is 0. The van der Waals surface area contributed by atoms with Crippen LogP contribution in [0.25, 0.3) is 21.8 Å². The molecule has 0 unspecified atom stereocenters. The number of H-pyrrole nitrogens is 1. The van der Waals surface area contributed by atoms with Crippen molar-refractivity contribution in [3.05, 3.63) is 71.4 Å². The fourth-order valence-corrected chi connectivity index (χ4v) is 3.29. The molecule has 0 aliphatic rings. The lowest BCUT2D eigenvalue weighted by molar-refractivity contribution is 0.0706. The van der Waals surface area contributed by atoms with Gasteiger partial charge >= 0.3 is 0 Å². The summed E-state index contributed by atoms with van der Waals surface area (Å²) in [6, 6.07) is 17.4. The molecule has 0 bridgehead atoms. The number of nitrogens with zero attached hydrogens (tertiary/aromatic N) is 1. The molecule has 4 N–H and O–H groups in total. The smallest absolute Gasteiger partial charge is 0.274 e. The van der Waals surface area contributed by atoms with Gasteiger partial charge in [-0.1, -0.05) is 37.3 Å². The number of benzene rings is 2. The average molecular weight is 360 g/mol. The van der Waals surface area contributed by atoms with Gasteiger partial charge in [0.25, 0.3) is 5.91 Å². The zero-order chi connectivity index (χ0) is 18.8. The van der Waals surface area contributed by atoms with E-state index in [-0.39, 0.29) is 0 Å². The third kappa shape index (κ3) is 3.22. The van der Waals surface area contributed by atoms with Crippen LogP contribution in [0.3, 0.4) is 0 Å². The Morgan fingerprint density at radius 1 is 1.11 bits per heavy atom. The van der Waals surface area contributed by atoms with Crippen LogP contribution in [0.5, 0.6) is 0 Å². The molecular weight excluding hydrogens is 340 g/mol. The zero-order valence-electron chi connectivity index (χ0n) is 14.9. The molecule has 0 radical (unpaired) electrons. The molecule has 0 fully saturated rings. The summed E-state index contributed by atoms with van der Waals surface area (Å²) in [5.41, 5.74) is 6.29. The second kappa shape index (κ2) is 7.09. The van der Waals surface area contributed by atoms with Crippen molar-refractivity contribution >= 4 is 33.5 Å². The maximum absolute atomic E-state index is 11.4. The van der Waals surface area contributed by atoms with E-state index in [0.717, 1.165) is 39.9 Å². The Morgan fingerprint density at radius 2 is 1.89 bits per heavy atom. The van der Waals surface area contributed by atoms with Gasteiger partial charge in [0.2, 0.25) is 0 Å². The molecule has 0 aliphatic carbocycles. The van der Waals surface area contributed by atoms with Crippen LogP contribution in [0.4, 0.5) is 5.82 Å². The third-order valence-corrected chi connectivity index (χ3v) is 4.70. The van der Waals surface area contributed by atoms with Gasteiger partial charge in [0.1, 0.15) is 5.82 Å². The molecule has 0 spiro atoms. The van der Waals surface area contributed by atoms with Crippen molar-refractivity contribution in [2.75, 3.05) is 5.32 Å². The second-order valence-corrected chi connectivity index (χ2v) is 6.39. The van der Waals surface area contributed by atoms with Crippen LogP contribution in [-0.2, 0) is 13.0 Å². The fraction of sp³-hybridized carbons (Fsp3) is 0.143. The molecule has 0 aliphatic heterocycles. The molecule has 2 aromatic carbocycles. The molecule has 0 atom stereocenters. The number of nitrogens with one attached hydrogen (secondary N) is 3. The number of aromatic nitrogens is 2. The Hall–Kier alpha value is -3.38. The highest BCUT2D eigenvalue weighted by atomic mass is 16.5. The molecule has 6 heteroatoms. The van der Waals surface area contributed by atoms with E-state index >= 15 is 0 Å². The maximum atomic E-state index is 11.4. The monoisotopic (exact) mass is 360 g/mol. The number of hydrogen-bond acceptors (Lipinski definition) is 4. The lowest BCUT2D eigenvalue weighted by atomic mass is 10.1. The number of anilines is 1. The third-order valence-electron chi connectivity index (χ3n) is 4.70. The van der Waals surface area contributed by atoms with Crippen molar-refractivity contribution in [3.8, 4) is 0 Å². The number of hydroxylamine groups is 1. The second-order valence-electron chi connectivity index (χ2n) is 6.39. The first-order valence-electron chi connectivity index (χ1n) is 8.87. The van der Waals surface area contributed by atoms with Crippen LogP contribution in [-0.4, -0.2) is 21.1 Å². The molecule has 0 saturated carbocycles. The zero-order valence-corrected chi connectivity index (χ0v) is 14.9. The summed E-state index contributed by atoms with van der Waals surface area (Å²) in [6.07, 6.45) is 0.837. The fourth-order valence-electron chi connectivity index (χ4n) is 3.29. The van der Waals surface area contributed by atoms with Crippen molar-refractivity contribution in [2.24, 2.45) is 0 Å². The number of pyridine rings is 1. The average Bonchev–Trinajstić information content (AvgIpc) is 3.10. The van der Waals surface area contributed by atoms with E-state index in [4.69, 9.17) is 10.2 Å². The minimum absolute atomic E-state index is 0.410. The number of aromatic amines is 1. The Kier molecular flexibility index (Phi) is 4.48. The molecule has 136 valence electrons. The van der Waals surface area contributed by atoms with Gasteiger partial charge in [-0.05, 0) is 36.2 Å². The van der Waals surface area contributed by atoms with Crippen molar-refractivity contribution < 1.29 is 10.0 Å². The maximum Gasteiger partial charge on any atom is 0.274 e. The number of para-hydroxylation sites is 1. The molecule has 4 rings (SSSR count). The van der Waals surface area contributed by atoms with E-state index in [1.807, 2.05) is 24.3 Å². The predicted octanol–water partition coefficient (Wildman–Crippen LogP) is 4.01. The number of amides is 1. The van der Waals surface area contributed by atoms with Crippen LogP contribution < -0.4 is 10.8 Å². The van der Waals surface area contributed by atoms with Gasteiger partial charge in [0.05, 0.1) is 11.2 Å². The van der Waals surface area contributed by atoms with Crippen LogP contribution >= 0.6 is 0 Å². The Morgan fingerprint density at radius 3 is 2.63 bits per heavy atom. The molecule has 1 amide bonds. The number of fused-ring (bicyclic) bond motifs is 3. The van der Waals surface area contributed by atoms with Crippen LogP contribution in [0, 0.1) is 0 Å². The number of carbonyl (C=O) groups is 1. The van der Waals surface area contributed by atoms with Gasteiger partial charge in [-0.25, -0.2) is 10.5 Å². The van der Waals surface area contributed by atoms with Crippen molar-refractivity contribution in [1.82, 2.24) is 15.4 Å². The number of aryl methyl sites for hydroxylation is 1. The van der Waals surface area contributed by atoms with Crippen molar-refractivity contribution in [1.29, 1.82) is 0 Å². The summed E-state index contributed by atoms with van der Waals surface area (Å²) in [6.45, 7) is 2.69. The standard InChI is InChI=1S/C21H20N4O2/c1-2-17-20-16(15-5-3-4-6-18(15)24-20)11-19(23-17)22-12-13-7-9-14(10-8-13)21(26)25-27/h3-11,24,27H,2,12H2,1H3,(H,22,23)(H,25,26). The van der Waals surface area contributed by atoms with Gasteiger partial charge in [-0.15, -0.1) is 0 Å². The summed E-state index contributed by atoms with van der Waals surface area (Å²) in [4.78, 5) is 19.6. The number of carbonyl (C=O) groups excluding carboxylic acids is 1. The molecule has 2 heterocycles. The van der Waals surface area contributed by atoms with Gasteiger partial charge in [-0.2, -0.15) is 0 Å². The highest BCUT2D eigenvalue weighted by Gasteiger charge is 2.11. The molecular formula is C21H20N4O2. The summed E-state index contributed by atoms with van der Waals surface area (Å²) in [7, 11) is 0. The topological polar surface area (TPSA) is 90.0 Å². The predicted molar refractivity (Wildman–Crippen MR) is 106 cm³/mol. The van der Waals surface area contributed by atoms with Crippen molar-refractivity contribution in [2.45, 2.75) is 19.9 Å². The van der Waals surface area contributed by atoms with Gasteiger partial charge in [0.15, 0.2) is 0 Å². The highest BCUT2D eigenvalue weighted by Crippen LogP contribution is 2.29.